The van der Waals surface area contributed by atoms with E-state index in [9.17, 15) is 0 Å². The number of hydrogen-bond donors (Lipinski definition) is 1. The van der Waals surface area contributed by atoms with Crippen LogP contribution in [-0.4, -0.2) is 27.3 Å². The zero-order chi connectivity index (χ0) is 15.5. The summed E-state index contributed by atoms with van der Waals surface area (Å²) >= 11 is 0. The monoisotopic (exact) mass is 290 g/mol. The van der Waals surface area contributed by atoms with Crippen molar-refractivity contribution in [2.75, 3.05) is 7.05 Å². The van der Waals surface area contributed by atoms with Crippen LogP contribution in [0, 0.1) is 0 Å². The van der Waals surface area contributed by atoms with E-state index in [2.05, 4.69) is 49.2 Å². The predicted octanol–water partition coefficient (Wildman–Crippen LogP) is 2.53. The highest BCUT2D eigenvalue weighted by molar-refractivity contribution is 5.17. The van der Waals surface area contributed by atoms with E-state index in [1.54, 1.807) is 6.26 Å². The number of furan rings is 1. The van der Waals surface area contributed by atoms with Gasteiger partial charge in [0.1, 0.15) is 5.76 Å². The summed E-state index contributed by atoms with van der Waals surface area (Å²) in [6.45, 7) is 8.97. The largest absolute Gasteiger partial charge is 0.468 e. The fraction of sp³-hybridized carbons (Fsp3) is 0.562. The Balaban J connectivity index is 1.92. The highest BCUT2D eigenvalue weighted by atomic mass is 16.3. The average molecular weight is 290 g/mol. The highest BCUT2D eigenvalue weighted by Crippen LogP contribution is 2.15. The zero-order valence-electron chi connectivity index (χ0n) is 13.7. The Bertz CT molecular complexity index is 565. The molecule has 0 aliphatic rings. The predicted molar refractivity (Wildman–Crippen MR) is 83.7 cm³/mol. The average Bonchev–Trinajstić information content (AvgIpc) is 2.95. The molecule has 0 saturated carbocycles. The van der Waals surface area contributed by atoms with Crippen molar-refractivity contribution in [1.82, 2.24) is 20.0 Å². The van der Waals surface area contributed by atoms with Gasteiger partial charge in [-0.15, -0.1) is 0 Å². The Kier molecular flexibility index (Phi) is 4.85. The molecule has 0 fully saturated rings. The van der Waals surface area contributed by atoms with Gasteiger partial charge >= 0.3 is 0 Å². The molecule has 2 aromatic rings. The van der Waals surface area contributed by atoms with Crippen LogP contribution >= 0.6 is 0 Å². The summed E-state index contributed by atoms with van der Waals surface area (Å²) < 4.78 is 7.44. The van der Waals surface area contributed by atoms with Crippen molar-refractivity contribution < 1.29 is 4.42 Å². The van der Waals surface area contributed by atoms with Crippen molar-refractivity contribution >= 4 is 0 Å². The quantitative estimate of drug-likeness (QED) is 0.888. The van der Waals surface area contributed by atoms with Crippen molar-refractivity contribution in [3.8, 4) is 0 Å². The molecule has 5 nitrogen and oxygen atoms in total. The number of hydrogen-bond acceptors (Lipinski definition) is 4. The first-order chi connectivity index (χ1) is 9.83. The molecule has 0 unspecified atom stereocenters. The van der Waals surface area contributed by atoms with E-state index in [-0.39, 0.29) is 5.54 Å². The van der Waals surface area contributed by atoms with Gasteiger partial charge in [-0.05, 0) is 33.9 Å². The van der Waals surface area contributed by atoms with E-state index in [0.29, 0.717) is 0 Å². The SMILES string of the molecule is CN(Cc1cnn(C)c1)Cc1ccoc1CNC(C)(C)C. The number of rotatable bonds is 6. The molecule has 0 radical (unpaired) electrons. The Labute approximate surface area is 126 Å². The summed E-state index contributed by atoms with van der Waals surface area (Å²) in [5.74, 6) is 1.02. The number of nitrogens with one attached hydrogen (secondary N) is 1. The van der Waals surface area contributed by atoms with E-state index in [0.717, 1.165) is 25.4 Å². The van der Waals surface area contributed by atoms with Crippen LogP contribution in [-0.2, 0) is 26.7 Å². The van der Waals surface area contributed by atoms with E-state index in [1.807, 2.05) is 24.1 Å². The highest BCUT2D eigenvalue weighted by Gasteiger charge is 2.14. The number of aryl methyl sites for hydroxylation is 1. The molecule has 0 aliphatic carbocycles. The summed E-state index contributed by atoms with van der Waals surface area (Å²) in [6, 6.07) is 2.05. The third-order valence-electron chi connectivity index (χ3n) is 3.27. The normalized spacial score (nSPS) is 12.3. The Morgan fingerprint density at radius 3 is 2.71 bits per heavy atom. The van der Waals surface area contributed by atoms with Crippen molar-refractivity contribution in [2.45, 2.75) is 45.9 Å². The molecule has 0 saturated heterocycles. The van der Waals surface area contributed by atoms with Crippen LogP contribution in [0.3, 0.4) is 0 Å². The third-order valence-corrected chi connectivity index (χ3v) is 3.27. The van der Waals surface area contributed by atoms with E-state index >= 15 is 0 Å². The molecule has 0 atom stereocenters. The van der Waals surface area contributed by atoms with Crippen LogP contribution in [0.5, 0.6) is 0 Å². The van der Waals surface area contributed by atoms with Gasteiger partial charge in [-0.3, -0.25) is 9.58 Å². The maximum atomic E-state index is 5.61. The van der Waals surface area contributed by atoms with E-state index in [4.69, 9.17) is 4.42 Å². The van der Waals surface area contributed by atoms with Crippen molar-refractivity contribution in [3.63, 3.8) is 0 Å². The molecule has 0 aliphatic heterocycles. The lowest BCUT2D eigenvalue weighted by Crippen LogP contribution is -2.35. The Morgan fingerprint density at radius 2 is 2.10 bits per heavy atom. The lowest BCUT2D eigenvalue weighted by atomic mass is 10.1. The standard InChI is InChI=1S/C16H26N4O/c1-16(2,3)17-9-15-14(6-7-21-15)12-19(4)10-13-8-18-20(5)11-13/h6-8,11,17H,9-10,12H2,1-5H3. The van der Waals surface area contributed by atoms with Crippen molar-refractivity contribution in [2.24, 2.45) is 7.05 Å². The minimum Gasteiger partial charge on any atom is -0.468 e. The van der Waals surface area contributed by atoms with Gasteiger partial charge in [-0.2, -0.15) is 5.10 Å². The van der Waals surface area contributed by atoms with Gasteiger partial charge in [-0.25, -0.2) is 0 Å². The fourth-order valence-corrected chi connectivity index (χ4v) is 2.22. The molecule has 21 heavy (non-hydrogen) atoms. The van der Waals surface area contributed by atoms with Gasteiger partial charge in [0.25, 0.3) is 0 Å². The molecule has 116 valence electrons. The molecule has 0 amide bonds. The van der Waals surface area contributed by atoms with Crippen molar-refractivity contribution in [3.05, 3.63) is 41.6 Å². The lowest BCUT2D eigenvalue weighted by Gasteiger charge is -2.21. The van der Waals surface area contributed by atoms with Crippen LogP contribution in [0.25, 0.3) is 0 Å². The third kappa shape index (κ3) is 5.02. The number of aromatic nitrogens is 2. The first-order valence-corrected chi connectivity index (χ1v) is 7.30. The Morgan fingerprint density at radius 1 is 1.33 bits per heavy atom. The summed E-state index contributed by atoms with van der Waals surface area (Å²) in [6.07, 6.45) is 5.73. The minimum absolute atomic E-state index is 0.0890. The fourth-order valence-electron chi connectivity index (χ4n) is 2.22. The van der Waals surface area contributed by atoms with E-state index in [1.165, 1.54) is 11.1 Å². The van der Waals surface area contributed by atoms with Crippen LogP contribution in [0.4, 0.5) is 0 Å². The van der Waals surface area contributed by atoms with Gasteiger partial charge in [-0.1, -0.05) is 0 Å². The van der Waals surface area contributed by atoms with Crippen LogP contribution in [0.2, 0.25) is 0 Å². The molecule has 2 aromatic heterocycles. The van der Waals surface area contributed by atoms with Gasteiger partial charge in [0.05, 0.1) is 19.0 Å². The molecular weight excluding hydrogens is 264 g/mol. The molecular formula is C16H26N4O. The van der Waals surface area contributed by atoms with Crippen LogP contribution in [0.1, 0.15) is 37.7 Å². The van der Waals surface area contributed by atoms with Gasteiger partial charge in [0, 0.05) is 43.0 Å². The van der Waals surface area contributed by atoms with Gasteiger partial charge < -0.3 is 9.73 Å². The second kappa shape index (κ2) is 6.45. The first-order valence-electron chi connectivity index (χ1n) is 7.30. The van der Waals surface area contributed by atoms with Gasteiger partial charge in [0.2, 0.25) is 0 Å². The van der Waals surface area contributed by atoms with Crippen molar-refractivity contribution in [1.29, 1.82) is 0 Å². The first kappa shape index (κ1) is 15.8. The van der Waals surface area contributed by atoms with Crippen LogP contribution < -0.4 is 5.32 Å². The number of nitrogens with zero attached hydrogens (tertiary/aromatic N) is 3. The summed E-state index contributed by atoms with van der Waals surface area (Å²) in [7, 11) is 4.05. The summed E-state index contributed by atoms with van der Waals surface area (Å²) in [5.41, 5.74) is 2.54. The maximum absolute atomic E-state index is 5.61. The topological polar surface area (TPSA) is 46.2 Å². The second-order valence-corrected chi connectivity index (χ2v) is 6.67. The lowest BCUT2D eigenvalue weighted by molar-refractivity contribution is 0.312. The summed E-state index contributed by atoms with van der Waals surface area (Å²) in [5, 5.41) is 7.67. The molecule has 0 aromatic carbocycles. The minimum atomic E-state index is 0.0890. The second-order valence-electron chi connectivity index (χ2n) is 6.67. The molecule has 2 heterocycles. The maximum Gasteiger partial charge on any atom is 0.122 e. The molecule has 5 heteroatoms. The molecule has 2 rings (SSSR count). The van der Waals surface area contributed by atoms with E-state index < -0.39 is 0 Å². The molecule has 0 bridgehead atoms. The smallest absolute Gasteiger partial charge is 0.122 e. The Hall–Kier alpha value is -1.59. The molecule has 0 spiro atoms. The molecule has 1 N–H and O–H groups in total. The summed E-state index contributed by atoms with van der Waals surface area (Å²) in [4.78, 5) is 2.27. The zero-order valence-corrected chi connectivity index (χ0v) is 13.7. The van der Waals surface area contributed by atoms with Gasteiger partial charge in [0.15, 0.2) is 0 Å². The van der Waals surface area contributed by atoms with Crippen LogP contribution in [0.15, 0.2) is 29.1 Å².